The Morgan fingerprint density at radius 1 is 1.25 bits per heavy atom. The molecule has 0 atom stereocenters. The van der Waals surface area contributed by atoms with E-state index in [-0.39, 0.29) is 22.8 Å². The highest BCUT2D eigenvalue weighted by molar-refractivity contribution is 6.28. The van der Waals surface area contributed by atoms with Crippen molar-refractivity contribution in [1.82, 2.24) is 24.8 Å². The van der Waals surface area contributed by atoms with Gasteiger partial charge in [-0.2, -0.15) is 0 Å². The Balaban J connectivity index is 1.50. The van der Waals surface area contributed by atoms with E-state index in [2.05, 4.69) is 37.5 Å². The van der Waals surface area contributed by atoms with Gasteiger partial charge in [-0.3, -0.25) is 4.79 Å². The normalized spacial score (nSPS) is 16.9. The molecule has 5 rings (SSSR count). The van der Waals surface area contributed by atoms with Crippen molar-refractivity contribution in [2.24, 2.45) is 0 Å². The predicted molar refractivity (Wildman–Crippen MR) is 122 cm³/mol. The molecule has 0 radical (unpaired) electrons. The van der Waals surface area contributed by atoms with Crippen molar-refractivity contribution in [3.8, 4) is 0 Å². The molecular weight excluding hydrogens is 430 g/mol. The van der Waals surface area contributed by atoms with Crippen molar-refractivity contribution in [3.63, 3.8) is 0 Å². The summed E-state index contributed by atoms with van der Waals surface area (Å²) < 4.78 is 5.84. The first-order valence-corrected chi connectivity index (χ1v) is 11.3. The maximum atomic E-state index is 13.7. The van der Waals surface area contributed by atoms with E-state index < -0.39 is 0 Å². The van der Waals surface area contributed by atoms with Crippen LogP contribution in [0.3, 0.4) is 0 Å². The SMILES string of the molecule is Cc1oc2ncnc(NC3(C)CC3)c2c1C(=O)N1CCc2c(nc(Cl)nc2NC(C)C)C1. The van der Waals surface area contributed by atoms with Crippen LogP contribution in [0.4, 0.5) is 11.6 Å². The molecular formula is C22H26ClN7O2. The molecule has 1 amide bonds. The quantitative estimate of drug-likeness (QED) is 0.556. The van der Waals surface area contributed by atoms with Gasteiger partial charge in [0.1, 0.15) is 23.7 Å². The molecule has 0 aromatic carbocycles. The van der Waals surface area contributed by atoms with Crippen LogP contribution in [0.5, 0.6) is 0 Å². The number of fused-ring (bicyclic) bond motifs is 2. The third-order valence-electron chi connectivity index (χ3n) is 6.05. The molecule has 3 aromatic rings. The lowest BCUT2D eigenvalue weighted by Gasteiger charge is -2.29. The Morgan fingerprint density at radius 2 is 2.03 bits per heavy atom. The minimum absolute atomic E-state index is 0.00429. The highest BCUT2D eigenvalue weighted by atomic mass is 35.5. The fraction of sp³-hybridized carbons (Fsp3) is 0.500. The number of halogens is 1. The first-order chi connectivity index (χ1) is 15.2. The van der Waals surface area contributed by atoms with Crippen molar-refractivity contribution < 1.29 is 9.21 Å². The zero-order valence-electron chi connectivity index (χ0n) is 18.6. The first kappa shape index (κ1) is 20.9. The van der Waals surface area contributed by atoms with Gasteiger partial charge in [0, 0.05) is 23.7 Å². The van der Waals surface area contributed by atoms with Gasteiger partial charge < -0.3 is 20.0 Å². The van der Waals surface area contributed by atoms with Gasteiger partial charge in [0.05, 0.1) is 23.2 Å². The second kappa shape index (κ2) is 7.58. The van der Waals surface area contributed by atoms with Crippen LogP contribution in [0.25, 0.3) is 11.1 Å². The molecule has 0 saturated heterocycles. The van der Waals surface area contributed by atoms with Gasteiger partial charge in [0.25, 0.3) is 5.91 Å². The van der Waals surface area contributed by atoms with Crippen LogP contribution in [0.2, 0.25) is 5.28 Å². The van der Waals surface area contributed by atoms with E-state index in [4.69, 9.17) is 16.0 Å². The van der Waals surface area contributed by atoms with Gasteiger partial charge in [-0.1, -0.05) is 0 Å². The minimum Gasteiger partial charge on any atom is -0.442 e. The zero-order chi connectivity index (χ0) is 22.6. The summed E-state index contributed by atoms with van der Waals surface area (Å²) in [6.07, 6.45) is 4.23. The van der Waals surface area contributed by atoms with Crippen molar-refractivity contribution in [2.45, 2.75) is 65.1 Å². The van der Waals surface area contributed by atoms with Crippen LogP contribution in [-0.4, -0.2) is 48.9 Å². The van der Waals surface area contributed by atoms with E-state index in [0.717, 1.165) is 29.9 Å². The third kappa shape index (κ3) is 3.74. The molecule has 1 aliphatic carbocycles. The number of carbonyl (C=O) groups is 1. The number of rotatable bonds is 5. The number of anilines is 2. The molecule has 1 aliphatic heterocycles. The largest absolute Gasteiger partial charge is 0.442 e. The van der Waals surface area contributed by atoms with E-state index in [9.17, 15) is 4.79 Å². The minimum atomic E-state index is -0.126. The number of aromatic nitrogens is 4. The lowest BCUT2D eigenvalue weighted by Crippen LogP contribution is -2.37. The molecule has 3 aromatic heterocycles. The average Bonchev–Trinajstić information content (AvgIpc) is 3.34. The average molecular weight is 456 g/mol. The van der Waals surface area contributed by atoms with Crippen LogP contribution in [0, 0.1) is 6.92 Å². The van der Waals surface area contributed by atoms with Crippen LogP contribution >= 0.6 is 11.6 Å². The van der Waals surface area contributed by atoms with Gasteiger partial charge in [-0.25, -0.2) is 19.9 Å². The van der Waals surface area contributed by atoms with E-state index in [1.54, 1.807) is 11.8 Å². The fourth-order valence-corrected chi connectivity index (χ4v) is 4.31. The second-order valence-electron chi connectivity index (χ2n) is 9.16. The van der Waals surface area contributed by atoms with Crippen LogP contribution in [-0.2, 0) is 13.0 Å². The summed E-state index contributed by atoms with van der Waals surface area (Å²) in [6.45, 7) is 8.92. The number of nitrogens with one attached hydrogen (secondary N) is 2. The molecule has 4 heterocycles. The van der Waals surface area contributed by atoms with Gasteiger partial charge in [0.2, 0.25) is 11.0 Å². The zero-order valence-corrected chi connectivity index (χ0v) is 19.4. The van der Waals surface area contributed by atoms with Crippen LogP contribution < -0.4 is 10.6 Å². The number of amides is 1. The summed E-state index contributed by atoms with van der Waals surface area (Å²) >= 11 is 6.18. The van der Waals surface area contributed by atoms with Gasteiger partial charge in [-0.05, 0) is 58.6 Å². The van der Waals surface area contributed by atoms with E-state index in [0.29, 0.717) is 47.8 Å². The van der Waals surface area contributed by atoms with Crippen molar-refractivity contribution >= 4 is 40.2 Å². The smallest absolute Gasteiger partial charge is 0.258 e. The molecule has 10 heteroatoms. The standard InChI is InChI=1S/C22H26ClN7O2/c1-11(2)26-17-13-5-8-30(9-14(13)27-21(23)28-17)20(31)15-12(3)32-19-16(15)18(24-10-25-19)29-22(4)6-7-22/h10-11H,5-9H2,1-4H3,(H,24,25,29)(H,26,27,28). The monoisotopic (exact) mass is 455 g/mol. The molecule has 2 aliphatic rings. The number of hydrogen-bond donors (Lipinski definition) is 2. The summed E-state index contributed by atoms with van der Waals surface area (Å²) in [6, 6.07) is 0.212. The van der Waals surface area contributed by atoms with Crippen molar-refractivity contribution in [2.75, 3.05) is 17.2 Å². The molecule has 0 unspecified atom stereocenters. The van der Waals surface area contributed by atoms with E-state index in [1.165, 1.54) is 6.33 Å². The lowest BCUT2D eigenvalue weighted by molar-refractivity contribution is 0.0731. The molecule has 168 valence electrons. The maximum absolute atomic E-state index is 13.7. The number of nitrogens with zero attached hydrogens (tertiary/aromatic N) is 5. The van der Waals surface area contributed by atoms with Gasteiger partial charge in [0.15, 0.2) is 0 Å². The summed E-state index contributed by atoms with van der Waals surface area (Å²) in [7, 11) is 0. The van der Waals surface area contributed by atoms with E-state index in [1.807, 2.05) is 13.8 Å². The van der Waals surface area contributed by atoms with Crippen LogP contribution in [0.1, 0.15) is 61.0 Å². The first-order valence-electron chi connectivity index (χ1n) is 10.9. The predicted octanol–water partition coefficient (Wildman–Crippen LogP) is 3.96. The lowest BCUT2D eigenvalue weighted by atomic mass is 10.0. The van der Waals surface area contributed by atoms with Gasteiger partial charge >= 0.3 is 0 Å². The van der Waals surface area contributed by atoms with E-state index >= 15 is 0 Å². The van der Waals surface area contributed by atoms with Gasteiger partial charge in [-0.15, -0.1) is 0 Å². The highest BCUT2D eigenvalue weighted by Crippen LogP contribution is 2.40. The summed E-state index contributed by atoms with van der Waals surface area (Å²) in [4.78, 5) is 32.9. The topological polar surface area (TPSA) is 109 Å². The Hall–Kier alpha value is -2.94. The molecule has 2 N–H and O–H groups in total. The second-order valence-corrected chi connectivity index (χ2v) is 9.50. The highest BCUT2D eigenvalue weighted by Gasteiger charge is 2.39. The summed E-state index contributed by atoms with van der Waals surface area (Å²) in [5, 5.41) is 7.61. The summed E-state index contributed by atoms with van der Waals surface area (Å²) in [5.74, 6) is 1.79. The Kier molecular flexibility index (Phi) is 4.96. The maximum Gasteiger partial charge on any atom is 0.258 e. The number of furan rings is 1. The molecule has 32 heavy (non-hydrogen) atoms. The summed E-state index contributed by atoms with van der Waals surface area (Å²) in [5.41, 5.74) is 2.69. The van der Waals surface area contributed by atoms with Crippen molar-refractivity contribution in [3.05, 3.63) is 34.2 Å². The number of carbonyl (C=O) groups excluding carboxylic acids is 1. The number of hydrogen-bond acceptors (Lipinski definition) is 8. The Morgan fingerprint density at radius 3 is 2.75 bits per heavy atom. The van der Waals surface area contributed by atoms with Crippen molar-refractivity contribution in [1.29, 1.82) is 0 Å². The Bertz CT molecular complexity index is 1220. The fourth-order valence-electron chi connectivity index (χ4n) is 4.12. The molecule has 0 spiro atoms. The molecule has 9 nitrogen and oxygen atoms in total. The Labute approximate surface area is 191 Å². The molecule has 0 bridgehead atoms. The number of aryl methyl sites for hydroxylation is 1. The molecule has 1 saturated carbocycles. The molecule has 1 fully saturated rings. The van der Waals surface area contributed by atoms with Crippen LogP contribution in [0.15, 0.2) is 10.7 Å². The third-order valence-corrected chi connectivity index (χ3v) is 6.22.